The number of likely N-dealkylation sites (tertiary alicyclic amines) is 1. The summed E-state index contributed by atoms with van der Waals surface area (Å²) in [6.07, 6.45) is 5.57. The number of benzene rings is 1. The van der Waals surface area contributed by atoms with Crippen molar-refractivity contribution in [3.05, 3.63) is 47.5 Å². The summed E-state index contributed by atoms with van der Waals surface area (Å²) >= 11 is 0. The molecule has 1 aliphatic carbocycles. The molecule has 0 N–H and O–H groups in total. The van der Waals surface area contributed by atoms with Crippen LogP contribution in [0.25, 0.3) is 0 Å². The van der Waals surface area contributed by atoms with Crippen LogP contribution >= 0.6 is 0 Å². The topological polar surface area (TPSA) is 20.3 Å². The lowest BCUT2D eigenvalue weighted by molar-refractivity contribution is -0.118. The molecule has 2 nitrogen and oxygen atoms in total. The zero-order valence-electron chi connectivity index (χ0n) is 12.2. The SMILES string of the molecule is CCCCC1=C[C@H]2CN(Cc3ccccc3)C[C@H]2C1=O. The van der Waals surface area contributed by atoms with Crippen LogP contribution in [0.4, 0.5) is 0 Å². The average molecular weight is 269 g/mol. The summed E-state index contributed by atoms with van der Waals surface area (Å²) in [5, 5.41) is 0. The molecule has 0 spiro atoms. The highest BCUT2D eigenvalue weighted by Crippen LogP contribution is 2.36. The van der Waals surface area contributed by atoms with Gasteiger partial charge in [-0.25, -0.2) is 0 Å². The van der Waals surface area contributed by atoms with E-state index in [9.17, 15) is 4.79 Å². The second-order valence-corrected chi connectivity index (χ2v) is 6.11. The highest BCUT2D eigenvalue weighted by Gasteiger charge is 2.41. The molecule has 2 atom stereocenters. The van der Waals surface area contributed by atoms with Gasteiger partial charge in [0.15, 0.2) is 5.78 Å². The Balaban J connectivity index is 1.61. The third-order valence-electron chi connectivity index (χ3n) is 4.56. The minimum Gasteiger partial charge on any atom is -0.298 e. The van der Waals surface area contributed by atoms with Gasteiger partial charge in [0.1, 0.15) is 0 Å². The Bertz CT molecular complexity index is 505. The van der Waals surface area contributed by atoms with Gasteiger partial charge >= 0.3 is 0 Å². The van der Waals surface area contributed by atoms with Crippen molar-refractivity contribution in [3.63, 3.8) is 0 Å². The van der Waals surface area contributed by atoms with Crippen molar-refractivity contribution in [1.82, 2.24) is 4.90 Å². The molecule has 0 aromatic heterocycles. The van der Waals surface area contributed by atoms with Gasteiger partial charge in [0.2, 0.25) is 0 Å². The third kappa shape index (κ3) is 2.71. The molecule has 20 heavy (non-hydrogen) atoms. The number of rotatable bonds is 5. The Hall–Kier alpha value is -1.41. The number of fused-ring (bicyclic) bond motifs is 1. The zero-order chi connectivity index (χ0) is 13.9. The van der Waals surface area contributed by atoms with Crippen LogP contribution in [0.1, 0.15) is 31.7 Å². The Labute approximate surface area is 121 Å². The van der Waals surface area contributed by atoms with Crippen molar-refractivity contribution in [2.24, 2.45) is 11.8 Å². The van der Waals surface area contributed by atoms with Crippen LogP contribution < -0.4 is 0 Å². The Morgan fingerprint density at radius 3 is 2.70 bits per heavy atom. The van der Waals surface area contributed by atoms with Gasteiger partial charge in [-0.15, -0.1) is 0 Å². The van der Waals surface area contributed by atoms with Crippen LogP contribution in [-0.4, -0.2) is 23.8 Å². The number of carbonyl (C=O) groups excluding carboxylic acids is 1. The quantitative estimate of drug-likeness (QED) is 0.816. The molecule has 0 bridgehead atoms. The molecule has 0 radical (unpaired) electrons. The van der Waals surface area contributed by atoms with Gasteiger partial charge in [0, 0.05) is 31.5 Å². The third-order valence-corrected chi connectivity index (χ3v) is 4.56. The lowest BCUT2D eigenvalue weighted by Crippen LogP contribution is -2.23. The molecule has 0 saturated carbocycles. The minimum absolute atomic E-state index is 0.241. The van der Waals surface area contributed by atoms with E-state index >= 15 is 0 Å². The van der Waals surface area contributed by atoms with E-state index in [0.717, 1.165) is 38.0 Å². The van der Waals surface area contributed by atoms with Crippen LogP contribution in [-0.2, 0) is 11.3 Å². The monoisotopic (exact) mass is 269 g/mol. The highest BCUT2D eigenvalue weighted by molar-refractivity contribution is 6.00. The predicted molar refractivity (Wildman–Crippen MR) is 81.3 cm³/mol. The molecule has 1 aliphatic heterocycles. The maximum Gasteiger partial charge on any atom is 0.163 e. The van der Waals surface area contributed by atoms with Crippen molar-refractivity contribution in [3.8, 4) is 0 Å². The van der Waals surface area contributed by atoms with Gasteiger partial charge < -0.3 is 0 Å². The van der Waals surface area contributed by atoms with Crippen molar-refractivity contribution in [2.45, 2.75) is 32.7 Å². The average Bonchev–Trinajstić information content (AvgIpc) is 2.97. The minimum atomic E-state index is 0.241. The molecule has 2 heteroatoms. The van der Waals surface area contributed by atoms with E-state index in [1.165, 1.54) is 12.0 Å². The van der Waals surface area contributed by atoms with E-state index < -0.39 is 0 Å². The van der Waals surface area contributed by atoms with Gasteiger partial charge in [0.25, 0.3) is 0 Å². The first-order valence-corrected chi connectivity index (χ1v) is 7.79. The first-order chi connectivity index (χ1) is 9.78. The fourth-order valence-corrected chi connectivity index (χ4v) is 3.48. The Morgan fingerprint density at radius 2 is 2.00 bits per heavy atom. The lowest BCUT2D eigenvalue weighted by atomic mass is 9.97. The normalized spacial score (nSPS) is 25.9. The van der Waals surface area contributed by atoms with Gasteiger partial charge in [-0.05, 0) is 24.0 Å². The fraction of sp³-hybridized carbons (Fsp3) is 0.500. The van der Waals surface area contributed by atoms with E-state index in [0.29, 0.717) is 11.7 Å². The molecule has 1 heterocycles. The fourth-order valence-electron chi connectivity index (χ4n) is 3.48. The van der Waals surface area contributed by atoms with Crippen LogP contribution in [0.15, 0.2) is 42.0 Å². The zero-order valence-corrected chi connectivity index (χ0v) is 12.2. The highest BCUT2D eigenvalue weighted by atomic mass is 16.1. The molecule has 0 unspecified atom stereocenters. The van der Waals surface area contributed by atoms with Crippen molar-refractivity contribution in [2.75, 3.05) is 13.1 Å². The molecule has 2 aliphatic rings. The largest absolute Gasteiger partial charge is 0.298 e. The van der Waals surface area contributed by atoms with Crippen LogP contribution in [0.3, 0.4) is 0 Å². The van der Waals surface area contributed by atoms with Crippen LogP contribution in [0.5, 0.6) is 0 Å². The number of ketones is 1. The summed E-state index contributed by atoms with van der Waals surface area (Å²) < 4.78 is 0. The van der Waals surface area contributed by atoms with Crippen LogP contribution in [0, 0.1) is 11.8 Å². The molecule has 1 fully saturated rings. The number of carbonyl (C=O) groups is 1. The molecule has 0 amide bonds. The number of Topliss-reactive ketones (excluding diaryl/α,β-unsaturated/α-hetero) is 1. The first kappa shape index (κ1) is 13.6. The van der Waals surface area contributed by atoms with E-state index in [2.05, 4.69) is 48.2 Å². The number of hydrogen-bond acceptors (Lipinski definition) is 2. The Kier molecular flexibility index (Phi) is 4.02. The second-order valence-electron chi connectivity index (χ2n) is 6.11. The van der Waals surface area contributed by atoms with Gasteiger partial charge in [-0.3, -0.25) is 9.69 Å². The molecule has 106 valence electrons. The number of hydrogen-bond donors (Lipinski definition) is 0. The van der Waals surface area contributed by atoms with E-state index in [4.69, 9.17) is 0 Å². The summed E-state index contributed by atoms with van der Waals surface area (Å²) in [5.41, 5.74) is 2.45. The molecular weight excluding hydrogens is 246 g/mol. The molecule has 1 aromatic carbocycles. The summed E-state index contributed by atoms with van der Waals surface area (Å²) in [4.78, 5) is 14.8. The molecule has 3 rings (SSSR count). The van der Waals surface area contributed by atoms with E-state index in [1.54, 1.807) is 0 Å². The summed E-state index contributed by atoms with van der Waals surface area (Å²) in [6.45, 7) is 5.13. The predicted octanol–water partition coefficient (Wildman–Crippen LogP) is 3.43. The van der Waals surface area contributed by atoms with Crippen molar-refractivity contribution >= 4 is 5.78 Å². The van der Waals surface area contributed by atoms with Gasteiger partial charge in [0.05, 0.1) is 0 Å². The lowest BCUT2D eigenvalue weighted by Gasteiger charge is -2.16. The summed E-state index contributed by atoms with van der Waals surface area (Å²) in [6, 6.07) is 10.5. The van der Waals surface area contributed by atoms with Crippen molar-refractivity contribution < 1.29 is 4.79 Å². The number of allylic oxidation sites excluding steroid dienone is 1. The summed E-state index contributed by atoms with van der Waals surface area (Å²) in [7, 11) is 0. The molecule has 1 saturated heterocycles. The molecular formula is C18H23NO. The number of nitrogens with zero attached hydrogens (tertiary/aromatic N) is 1. The van der Waals surface area contributed by atoms with E-state index in [-0.39, 0.29) is 5.92 Å². The maximum absolute atomic E-state index is 12.4. The smallest absolute Gasteiger partial charge is 0.163 e. The maximum atomic E-state index is 12.4. The van der Waals surface area contributed by atoms with Crippen LogP contribution in [0.2, 0.25) is 0 Å². The van der Waals surface area contributed by atoms with Crippen molar-refractivity contribution in [1.29, 1.82) is 0 Å². The van der Waals surface area contributed by atoms with Gasteiger partial charge in [-0.2, -0.15) is 0 Å². The molecule has 1 aromatic rings. The standard InChI is InChI=1S/C18H23NO/c1-2-3-9-15-10-16-12-19(13-17(16)18(15)20)11-14-7-5-4-6-8-14/h4-8,10,16-17H,2-3,9,11-13H2,1H3/t16-,17+/m0/s1. The van der Waals surface area contributed by atoms with Gasteiger partial charge in [-0.1, -0.05) is 49.8 Å². The second kappa shape index (κ2) is 5.92. The Morgan fingerprint density at radius 1 is 1.20 bits per heavy atom. The summed E-state index contributed by atoms with van der Waals surface area (Å²) in [5.74, 6) is 1.14. The number of unbranched alkanes of at least 4 members (excludes halogenated alkanes) is 1. The van der Waals surface area contributed by atoms with E-state index in [1.807, 2.05) is 0 Å². The first-order valence-electron chi connectivity index (χ1n) is 7.79.